The average molecular weight is 364 g/mol. The summed E-state index contributed by atoms with van der Waals surface area (Å²) >= 11 is 1.50. The number of aliphatic hydroxyl groups is 1. The summed E-state index contributed by atoms with van der Waals surface area (Å²) in [6.07, 6.45) is -1.25. The summed E-state index contributed by atoms with van der Waals surface area (Å²) in [5, 5.41) is 20.9. The van der Waals surface area contributed by atoms with E-state index >= 15 is 0 Å². The Kier molecular flexibility index (Phi) is 4.28. The number of nitrogens with one attached hydrogen (secondary N) is 1. The van der Waals surface area contributed by atoms with Crippen molar-refractivity contribution in [2.24, 2.45) is 0 Å². The van der Waals surface area contributed by atoms with Gasteiger partial charge in [-0.1, -0.05) is 18.2 Å². The third-order valence-electron chi connectivity index (χ3n) is 4.59. The Hall–Kier alpha value is -2.06. The summed E-state index contributed by atoms with van der Waals surface area (Å²) in [4.78, 5) is 38.4. The van der Waals surface area contributed by atoms with E-state index in [4.69, 9.17) is 0 Å². The first-order chi connectivity index (χ1) is 11.6. The normalized spacial score (nSPS) is 25.9. The minimum atomic E-state index is -1.42. The fraction of sp³-hybridized carbons (Fsp3) is 0.471. The predicted octanol–water partition coefficient (Wildman–Crippen LogP) is 0.985. The van der Waals surface area contributed by atoms with Gasteiger partial charge in [0.2, 0.25) is 5.91 Å². The highest BCUT2D eigenvalue weighted by atomic mass is 32.2. The minimum absolute atomic E-state index is 0.234. The van der Waals surface area contributed by atoms with E-state index in [1.54, 1.807) is 12.1 Å². The van der Waals surface area contributed by atoms with Crippen molar-refractivity contribution in [1.29, 1.82) is 0 Å². The lowest BCUT2D eigenvalue weighted by atomic mass is 10.00. The highest BCUT2D eigenvalue weighted by Crippen LogP contribution is 2.56. The molecule has 2 aliphatic rings. The van der Waals surface area contributed by atoms with Crippen LogP contribution in [0.15, 0.2) is 24.3 Å². The number of rotatable bonds is 4. The highest BCUT2D eigenvalue weighted by Gasteiger charge is 2.57. The SMILES string of the molecule is C[C@@H](O)[C@@H](NC(=O)[C@H]1N2C(=O)c3ccccc3[C@H]2SC1(C)C)C(=O)O. The molecule has 3 N–H and O–H groups in total. The molecule has 8 heteroatoms. The molecule has 1 fully saturated rings. The Morgan fingerprint density at radius 3 is 2.56 bits per heavy atom. The first-order valence-electron chi connectivity index (χ1n) is 7.96. The van der Waals surface area contributed by atoms with Crippen LogP contribution in [0.25, 0.3) is 0 Å². The summed E-state index contributed by atoms with van der Waals surface area (Å²) in [7, 11) is 0. The van der Waals surface area contributed by atoms with Crippen LogP contribution in [-0.4, -0.2) is 55.8 Å². The first-order valence-corrected chi connectivity index (χ1v) is 8.84. The predicted molar refractivity (Wildman–Crippen MR) is 92.1 cm³/mol. The second-order valence-electron chi connectivity index (χ2n) is 6.84. The minimum Gasteiger partial charge on any atom is -0.480 e. The molecule has 0 radical (unpaired) electrons. The van der Waals surface area contributed by atoms with Gasteiger partial charge in [0, 0.05) is 10.3 Å². The molecule has 4 atom stereocenters. The van der Waals surface area contributed by atoms with Crippen LogP contribution in [0, 0.1) is 0 Å². The molecular weight excluding hydrogens is 344 g/mol. The van der Waals surface area contributed by atoms with E-state index in [0.717, 1.165) is 5.56 Å². The number of fused-ring (bicyclic) bond motifs is 3. The number of carbonyl (C=O) groups is 3. The fourth-order valence-electron chi connectivity index (χ4n) is 3.43. The lowest BCUT2D eigenvalue weighted by Crippen LogP contribution is -2.57. The van der Waals surface area contributed by atoms with E-state index in [9.17, 15) is 24.6 Å². The highest BCUT2D eigenvalue weighted by molar-refractivity contribution is 8.01. The Bertz CT molecular complexity index is 748. The van der Waals surface area contributed by atoms with E-state index in [2.05, 4.69) is 5.32 Å². The third kappa shape index (κ3) is 2.79. The smallest absolute Gasteiger partial charge is 0.328 e. The molecule has 0 aromatic heterocycles. The van der Waals surface area contributed by atoms with Gasteiger partial charge in [-0.15, -0.1) is 11.8 Å². The Labute approximate surface area is 149 Å². The van der Waals surface area contributed by atoms with Crippen LogP contribution >= 0.6 is 11.8 Å². The average Bonchev–Trinajstić information content (AvgIpc) is 2.95. The largest absolute Gasteiger partial charge is 0.480 e. The van der Waals surface area contributed by atoms with Gasteiger partial charge >= 0.3 is 5.97 Å². The standard InChI is InChI=1S/C17H20N2O5S/c1-8(20)11(16(23)24)18-13(21)12-17(2,3)25-15-10-7-5-4-6-9(10)14(22)19(12)15/h4-8,11-12,15,20H,1-3H3,(H,18,21)(H,23,24)/t8-,11-,12-,15-/m1/s1. The molecule has 1 saturated heterocycles. The van der Waals surface area contributed by atoms with Crippen molar-refractivity contribution in [2.45, 2.75) is 49.1 Å². The molecule has 134 valence electrons. The number of carboxylic acid groups (broad SMARTS) is 1. The van der Waals surface area contributed by atoms with Gasteiger partial charge < -0.3 is 20.4 Å². The Morgan fingerprint density at radius 1 is 1.32 bits per heavy atom. The molecule has 3 rings (SSSR count). The van der Waals surface area contributed by atoms with Crippen molar-refractivity contribution >= 4 is 29.5 Å². The first kappa shape index (κ1) is 17.8. The van der Waals surface area contributed by atoms with Crippen LogP contribution in [-0.2, 0) is 9.59 Å². The summed E-state index contributed by atoms with van der Waals surface area (Å²) in [5.41, 5.74) is 1.43. The van der Waals surface area contributed by atoms with Gasteiger partial charge in [-0.25, -0.2) is 4.79 Å². The maximum atomic E-state index is 12.8. The monoisotopic (exact) mass is 364 g/mol. The molecule has 0 aliphatic carbocycles. The molecule has 7 nitrogen and oxygen atoms in total. The van der Waals surface area contributed by atoms with Gasteiger partial charge in [-0.3, -0.25) is 9.59 Å². The van der Waals surface area contributed by atoms with Crippen LogP contribution < -0.4 is 5.32 Å². The zero-order chi connectivity index (χ0) is 18.5. The lowest BCUT2D eigenvalue weighted by molar-refractivity contribution is -0.145. The van der Waals surface area contributed by atoms with E-state index in [-0.39, 0.29) is 11.3 Å². The molecule has 0 saturated carbocycles. The number of thioether (sulfide) groups is 1. The summed E-state index contributed by atoms with van der Waals surface area (Å²) in [6, 6.07) is 4.98. The summed E-state index contributed by atoms with van der Waals surface area (Å²) < 4.78 is -0.598. The number of aliphatic hydroxyl groups excluding tert-OH is 1. The molecule has 2 heterocycles. The van der Waals surface area contributed by atoms with E-state index in [1.807, 2.05) is 26.0 Å². The van der Waals surface area contributed by atoms with Crippen molar-refractivity contribution < 1.29 is 24.6 Å². The maximum Gasteiger partial charge on any atom is 0.328 e. The molecule has 0 unspecified atom stereocenters. The second kappa shape index (κ2) is 6.03. The number of carboxylic acids is 1. The molecule has 0 spiro atoms. The number of carbonyl (C=O) groups excluding carboxylic acids is 2. The number of aliphatic carboxylic acids is 1. The zero-order valence-electron chi connectivity index (χ0n) is 14.1. The fourth-order valence-corrected chi connectivity index (χ4v) is 5.01. The van der Waals surface area contributed by atoms with Crippen molar-refractivity contribution in [3.63, 3.8) is 0 Å². The van der Waals surface area contributed by atoms with Crippen molar-refractivity contribution in [3.8, 4) is 0 Å². The van der Waals surface area contributed by atoms with E-state index < -0.39 is 34.8 Å². The van der Waals surface area contributed by atoms with Crippen molar-refractivity contribution in [2.75, 3.05) is 0 Å². The van der Waals surface area contributed by atoms with Crippen molar-refractivity contribution in [1.82, 2.24) is 10.2 Å². The van der Waals surface area contributed by atoms with Gasteiger partial charge in [0.05, 0.1) is 6.10 Å². The molecule has 0 bridgehead atoms. The van der Waals surface area contributed by atoms with Gasteiger partial charge in [0.25, 0.3) is 5.91 Å². The van der Waals surface area contributed by atoms with Gasteiger partial charge in [-0.05, 0) is 32.4 Å². The van der Waals surface area contributed by atoms with Crippen LogP contribution in [0.1, 0.15) is 42.1 Å². The number of hydrogen-bond donors (Lipinski definition) is 3. The third-order valence-corrected chi connectivity index (χ3v) is 6.13. The number of hydrogen-bond acceptors (Lipinski definition) is 5. The van der Waals surface area contributed by atoms with Crippen LogP contribution in [0.5, 0.6) is 0 Å². The second-order valence-corrected chi connectivity index (χ2v) is 8.58. The molecule has 2 amide bonds. The van der Waals surface area contributed by atoms with Crippen LogP contribution in [0.3, 0.4) is 0 Å². The summed E-state index contributed by atoms with van der Waals surface area (Å²) in [5.74, 6) is -2.13. The number of benzene rings is 1. The zero-order valence-corrected chi connectivity index (χ0v) is 14.9. The van der Waals surface area contributed by atoms with Crippen LogP contribution in [0.2, 0.25) is 0 Å². The quantitative estimate of drug-likeness (QED) is 0.735. The van der Waals surface area contributed by atoms with Gasteiger partial charge in [-0.2, -0.15) is 0 Å². The van der Waals surface area contributed by atoms with Gasteiger partial charge in [0.15, 0.2) is 6.04 Å². The topological polar surface area (TPSA) is 107 Å². The maximum absolute atomic E-state index is 12.8. The Balaban J connectivity index is 1.93. The van der Waals surface area contributed by atoms with Crippen molar-refractivity contribution in [3.05, 3.63) is 35.4 Å². The van der Waals surface area contributed by atoms with E-state index in [0.29, 0.717) is 5.56 Å². The van der Waals surface area contributed by atoms with Crippen LogP contribution in [0.4, 0.5) is 0 Å². The number of amides is 2. The Morgan fingerprint density at radius 2 is 1.96 bits per heavy atom. The summed E-state index contributed by atoms with van der Waals surface area (Å²) in [6.45, 7) is 5.01. The van der Waals surface area contributed by atoms with Gasteiger partial charge in [0.1, 0.15) is 11.4 Å². The number of nitrogens with zero attached hydrogens (tertiary/aromatic N) is 1. The van der Waals surface area contributed by atoms with E-state index in [1.165, 1.54) is 23.6 Å². The molecule has 1 aromatic carbocycles. The molecule has 1 aromatic rings. The molecule has 2 aliphatic heterocycles. The molecular formula is C17H20N2O5S. The molecule has 25 heavy (non-hydrogen) atoms. The lowest BCUT2D eigenvalue weighted by Gasteiger charge is -2.31.